The monoisotopic (exact) mass is 310 g/mol. The van der Waals surface area contributed by atoms with E-state index in [1.54, 1.807) is 0 Å². The summed E-state index contributed by atoms with van der Waals surface area (Å²) in [6, 6.07) is 13.2. The lowest BCUT2D eigenvalue weighted by Gasteiger charge is -2.14. The molecule has 0 aliphatic carbocycles. The number of nitrogens with one attached hydrogen (secondary N) is 1. The van der Waals surface area contributed by atoms with Gasteiger partial charge in [-0.3, -0.25) is 9.59 Å². The molecule has 0 saturated carbocycles. The summed E-state index contributed by atoms with van der Waals surface area (Å²) in [5.41, 5.74) is 7.35. The highest BCUT2D eigenvalue weighted by atomic mass is 16.2. The minimum absolute atomic E-state index is 0.203. The second kappa shape index (κ2) is 7.58. The van der Waals surface area contributed by atoms with Crippen LogP contribution in [0.2, 0.25) is 0 Å². The maximum Gasteiger partial charge on any atom is 0.240 e. The number of amides is 2. The molecule has 3 N–H and O–H groups in total. The van der Waals surface area contributed by atoms with E-state index >= 15 is 0 Å². The van der Waals surface area contributed by atoms with Crippen molar-refractivity contribution < 1.29 is 9.59 Å². The molecule has 0 bridgehead atoms. The number of carbonyl (C=O) groups excluding carboxylic acids is 2. The van der Waals surface area contributed by atoms with E-state index in [1.165, 1.54) is 0 Å². The Labute approximate surface area is 136 Å². The minimum Gasteiger partial charge on any atom is -0.368 e. The molecular formula is C19H22N2O2. The van der Waals surface area contributed by atoms with Gasteiger partial charge >= 0.3 is 0 Å². The Morgan fingerprint density at radius 2 is 1.83 bits per heavy atom. The van der Waals surface area contributed by atoms with Crippen molar-refractivity contribution in [1.29, 1.82) is 0 Å². The van der Waals surface area contributed by atoms with E-state index in [-0.39, 0.29) is 12.3 Å². The molecule has 0 aliphatic heterocycles. The molecule has 2 rings (SSSR count). The van der Waals surface area contributed by atoms with Gasteiger partial charge in [0.05, 0.1) is 6.42 Å². The summed E-state index contributed by atoms with van der Waals surface area (Å²) in [4.78, 5) is 23.6. The summed E-state index contributed by atoms with van der Waals surface area (Å²) >= 11 is 0. The van der Waals surface area contributed by atoms with Crippen molar-refractivity contribution in [2.75, 3.05) is 0 Å². The molecule has 0 saturated heterocycles. The molecule has 23 heavy (non-hydrogen) atoms. The van der Waals surface area contributed by atoms with Crippen LogP contribution in [-0.4, -0.2) is 17.9 Å². The average Bonchev–Trinajstić information content (AvgIpc) is 2.50. The molecule has 1 atom stereocenters. The third-order valence-corrected chi connectivity index (χ3v) is 3.62. The highest BCUT2D eigenvalue weighted by Crippen LogP contribution is 2.16. The number of nitrogens with two attached hydrogens (primary N) is 1. The molecule has 120 valence electrons. The Bertz CT molecular complexity index is 746. The van der Waals surface area contributed by atoms with E-state index in [0.717, 1.165) is 21.9 Å². The number of carbonyl (C=O) groups is 2. The number of allylic oxidation sites excluding steroid dienone is 1. The number of hydrogen-bond donors (Lipinski definition) is 2. The second-order valence-corrected chi connectivity index (χ2v) is 5.90. The molecule has 4 heteroatoms. The summed E-state index contributed by atoms with van der Waals surface area (Å²) in [7, 11) is 0. The summed E-state index contributed by atoms with van der Waals surface area (Å²) in [6.07, 6.45) is 2.54. The number of hydrogen-bond acceptors (Lipinski definition) is 2. The van der Waals surface area contributed by atoms with Crippen LogP contribution < -0.4 is 11.1 Å². The van der Waals surface area contributed by atoms with Crippen molar-refractivity contribution in [1.82, 2.24) is 5.32 Å². The first-order valence-electron chi connectivity index (χ1n) is 7.65. The summed E-state index contributed by atoms with van der Waals surface area (Å²) in [6.45, 7) is 3.88. The zero-order chi connectivity index (χ0) is 16.8. The maximum absolute atomic E-state index is 12.2. The third kappa shape index (κ3) is 4.95. The van der Waals surface area contributed by atoms with Crippen LogP contribution in [0.3, 0.4) is 0 Å². The standard InChI is InChI=1S/C19H22N2O2/c1-13(2)7-10-17(19(20)23)21-18(22)12-14-8-9-15-5-3-4-6-16(15)11-14/h3-9,11,17H,10,12H2,1-2H3,(H2,20,23)(H,21,22)/t17-/m0/s1. The van der Waals surface area contributed by atoms with Crippen LogP contribution in [0.4, 0.5) is 0 Å². The average molecular weight is 310 g/mol. The van der Waals surface area contributed by atoms with Crippen LogP contribution in [0, 0.1) is 0 Å². The molecule has 0 radical (unpaired) electrons. The Morgan fingerprint density at radius 1 is 1.13 bits per heavy atom. The van der Waals surface area contributed by atoms with Gasteiger partial charge < -0.3 is 11.1 Å². The smallest absolute Gasteiger partial charge is 0.240 e. The van der Waals surface area contributed by atoms with Gasteiger partial charge in [0.2, 0.25) is 11.8 Å². The van der Waals surface area contributed by atoms with Crippen molar-refractivity contribution in [3.8, 4) is 0 Å². The molecule has 0 fully saturated rings. The van der Waals surface area contributed by atoms with Crippen molar-refractivity contribution in [3.63, 3.8) is 0 Å². The number of fused-ring (bicyclic) bond motifs is 1. The summed E-state index contributed by atoms with van der Waals surface area (Å²) in [5, 5.41) is 4.94. The zero-order valence-corrected chi connectivity index (χ0v) is 13.5. The van der Waals surface area contributed by atoms with Crippen LogP contribution >= 0.6 is 0 Å². The fraction of sp³-hybridized carbons (Fsp3) is 0.263. The van der Waals surface area contributed by atoms with Crippen LogP contribution in [-0.2, 0) is 16.0 Å². The molecule has 0 unspecified atom stereocenters. The van der Waals surface area contributed by atoms with Crippen LogP contribution in [0.5, 0.6) is 0 Å². The molecule has 2 amide bonds. The Balaban J connectivity index is 2.04. The van der Waals surface area contributed by atoms with Gasteiger partial charge in [0.1, 0.15) is 6.04 Å². The number of rotatable bonds is 6. The van der Waals surface area contributed by atoms with Gasteiger partial charge in [0, 0.05) is 0 Å². The van der Waals surface area contributed by atoms with Crippen LogP contribution in [0.25, 0.3) is 10.8 Å². The van der Waals surface area contributed by atoms with Crippen molar-refractivity contribution in [3.05, 3.63) is 59.7 Å². The number of primary amides is 1. The minimum atomic E-state index is -0.669. The predicted molar refractivity (Wildman–Crippen MR) is 92.8 cm³/mol. The first-order valence-corrected chi connectivity index (χ1v) is 7.65. The van der Waals surface area contributed by atoms with Gasteiger partial charge in [-0.2, -0.15) is 0 Å². The maximum atomic E-state index is 12.2. The molecule has 0 aromatic heterocycles. The van der Waals surface area contributed by atoms with E-state index in [9.17, 15) is 9.59 Å². The van der Waals surface area contributed by atoms with E-state index < -0.39 is 11.9 Å². The Hall–Kier alpha value is -2.62. The van der Waals surface area contributed by atoms with Gasteiger partial charge in [-0.05, 0) is 36.6 Å². The summed E-state index contributed by atoms with van der Waals surface area (Å²) in [5.74, 6) is -0.722. The first kappa shape index (κ1) is 16.7. The predicted octanol–water partition coefficient (Wildman–Crippen LogP) is 2.71. The van der Waals surface area contributed by atoms with Crippen molar-refractivity contribution >= 4 is 22.6 Å². The zero-order valence-electron chi connectivity index (χ0n) is 13.5. The highest BCUT2D eigenvalue weighted by molar-refractivity contribution is 5.89. The fourth-order valence-electron chi connectivity index (χ4n) is 2.38. The molecule has 2 aromatic rings. The van der Waals surface area contributed by atoms with Gasteiger partial charge in [-0.25, -0.2) is 0 Å². The van der Waals surface area contributed by atoms with Crippen LogP contribution in [0.1, 0.15) is 25.8 Å². The Kier molecular flexibility index (Phi) is 5.52. The molecule has 2 aromatic carbocycles. The van der Waals surface area contributed by atoms with Gasteiger partial charge in [-0.1, -0.05) is 54.1 Å². The summed E-state index contributed by atoms with van der Waals surface area (Å²) < 4.78 is 0. The molecule has 0 aliphatic rings. The topological polar surface area (TPSA) is 72.2 Å². The SMILES string of the molecule is CC(C)=CC[C@H](NC(=O)Cc1ccc2ccccc2c1)C(N)=O. The molecule has 4 nitrogen and oxygen atoms in total. The largest absolute Gasteiger partial charge is 0.368 e. The van der Waals surface area contributed by atoms with Gasteiger partial charge in [0.25, 0.3) is 0 Å². The van der Waals surface area contributed by atoms with Gasteiger partial charge in [-0.15, -0.1) is 0 Å². The van der Waals surface area contributed by atoms with Crippen LogP contribution in [0.15, 0.2) is 54.1 Å². The normalized spacial score (nSPS) is 11.7. The quantitative estimate of drug-likeness (QED) is 0.805. The lowest BCUT2D eigenvalue weighted by atomic mass is 10.0. The van der Waals surface area contributed by atoms with Gasteiger partial charge in [0.15, 0.2) is 0 Å². The van der Waals surface area contributed by atoms with E-state index in [4.69, 9.17) is 5.73 Å². The van der Waals surface area contributed by atoms with E-state index in [2.05, 4.69) is 5.32 Å². The first-order chi connectivity index (χ1) is 11.0. The van der Waals surface area contributed by atoms with E-state index in [0.29, 0.717) is 6.42 Å². The third-order valence-electron chi connectivity index (χ3n) is 3.62. The lowest BCUT2D eigenvalue weighted by molar-refractivity contribution is -0.126. The Morgan fingerprint density at radius 3 is 2.48 bits per heavy atom. The number of benzene rings is 2. The van der Waals surface area contributed by atoms with Crippen molar-refractivity contribution in [2.45, 2.75) is 32.7 Å². The molecule has 0 spiro atoms. The second-order valence-electron chi connectivity index (χ2n) is 5.90. The van der Waals surface area contributed by atoms with Crippen molar-refractivity contribution in [2.24, 2.45) is 5.73 Å². The highest BCUT2D eigenvalue weighted by Gasteiger charge is 2.16. The molecular weight excluding hydrogens is 288 g/mol. The lowest BCUT2D eigenvalue weighted by Crippen LogP contribution is -2.44. The van der Waals surface area contributed by atoms with E-state index in [1.807, 2.05) is 62.4 Å². The molecule has 0 heterocycles. The fourth-order valence-corrected chi connectivity index (χ4v) is 2.38.